The van der Waals surface area contributed by atoms with E-state index in [2.05, 4.69) is 15.9 Å². The van der Waals surface area contributed by atoms with Crippen LogP contribution in [0.4, 0.5) is 0 Å². The molecular weight excluding hydrogens is 310 g/mol. The SMILES string of the molecule is COCCC(N)C(=O)Cc1cc(Br)cc2c1OCC2. The Bertz CT molecular complexity index is 476. The number of fused-ring (bicyclic) bond motifs is 1. The van der Waals surface area contributed by atoms with E-state index in [0.717, 1.165) is 27.8 Å². The summed E-state index contributed by atoms with van der Waals surface area (Å²) in [6.07, 6.45) is 1.75. The molecule has 1 aromatic rings. The van der Waals surface area contributed by atoms with Gasteiger partial charge in [-0.25, -0.2) is 0 Å². The van der Waals surface area contributed by atoms with Crippen molar-refractivity contribution in [1.82, 2.24) is 0 Å². The molecule has 2 N–H and O–H groups in total. The van der Waals surface area contributed by atoms with Gasteiger partial charge in [0.2, 0.25) is 0 Å². The van der Waals surface area contributed by atoms with E-state index in [0.29, 0.717) is 26.1 Å². The van der Waals surface area contributed by atoms with Gasteiger partial charge in [0, 0.05) is 36.6 Å². The number of hydrogen-bond donors (Lipinski definition) is 1. The third-order valence-electron chi connectivity index (χ3n) is 3.24. The second-order valence-electron chi connectivity index (χ2n) is 4.68. The molecule has 1 aromatic carbocycles. The van der Waals surface area contributed by atoms with E-state index in [4.69, 9.17) is 15.2 Å². The molecule has 0 amide bonds. The normalized spacial score (nSPS) is 14.9. The summed E-state index contributed by atoms with van der Waals surface area (Å²) in [4.78, 5) is 12.1. The Morgan fingerprint density at radius 3 is 3.11 bits per heavy atom. The maximum atomic E-state index is 12.1. The number of hydrogen-bond acceptors (Lipinski definition) is 4. The second kappa shape index (κ2) is 6.50. The summed E-state index contributed by atoms with van der Waals surface area (Å²) in [5.41, 5.74) is 7.92. The third kappa shape index (κ3) is 3.55. The number of carbonyl (C=O) groups excluding carboxylic acids is 1. The smallest absolute Gasteiger partial charge is 0.154 e. The Morgan fingerprint density at radius 1 is 1.58 bits per heavy atom. The molecule has 104 valence electrons. The quantitative estimate of drug-likeness (QED) is 0.866. The Morgan fingerprint density at radius 2 is 2.37 bits per heavy atom. The van der Waals surface area contributed by atoms with Gasteiger partial charge in [-0.3, -0.25) is 4.79 Å². The first-order valence-corrected chi connectivity index (χ1v) is 7.12. The van der Waals surface area contributed by atoms with Crippen molar-refractivity contribution < 1.29 is 14.3 Å². The van der Waals surface area contributed by atoms with Gasteiger partial charge in [0.25, 0.3) is 0 Å². The van der Waals surface area contributed by atoms with Crippen molar-refractivity contribution in [2.75, 3.05) is 20.3 Å². The van der Waals surface area contributed by atoms with E-state index < -0.39 is 6.04 Å². The molecular formula is C14H18BrNO3. The molecule has 0 spiro atoms. The van der Waals surface area contributed by atoms with E-state index >= 15 is 0 Å². The first kappa shape index (κ1) is 14.5. The number of benzene rings is 1. The van der Waals surface area contributed by atoms with Crippen LogP contribution in [0.25, 0.3) is 0 Å². The molecule has 5 heteroatoms. The summed E-state index contributed by atoms with van der Waals surface area (Å²) < 4.78 is 11.5. The summed E-state index contributed by atoms with van der Waals surface area (Å²) in [5, 5.41) is 0. The van der Waals surface area contributed by atoms with Crippen LogP contribution >= 0.6 is 15.9 Å². The Kier molecular flexibility index (Phi) is 4.96. The van der Waals surface area contributed by atoms with Crippen LogP contribution in [-0.4, -0.2) is 32.1 Å². The number of ketones is 1. The maximum absolute atomic E-state index is 12.1. The van der Waals surface area contributed by atoms with Crippen molar-refractivity contribution in [1.29, 1.82) is 0 Å². The van der Waals surface area contributed by atoms with Gasteiger partial charge >= 0.3 is 0 Å². The van der Waals surface area contributed by atoms with Crippen molar-refractivity contribution in [3.8, 4) is 5.75 Å². The van der Waals surface area contributed by atoms with Gasteiger partial charge in [-0.2, -0.15) is 0 Å². The zero-order valence-electron chi connectivity index (χ0n) is 10.9. The minimum absolute atomic E-state index is 0.0212. The van der Waals surface area contributed by atoms with Crippen molar-refractivity contribution >= 4 is 21.7 Å². The van der Waals surface area contributed by atoms with Crippen molar-refractivity contribution in [3.63, 3.8) is 0 Å². The second-order valence-corrected chi connectivity index (χ2v) is 5.60. The molecule has 0 fully saturated rings. The van der Waals surface area contributed by atoms with Crippen LogP contribution in [-0.2, 0) is 22.4 Å². The minimum atomic E-state index is -0.476. The molecule has 1 aliphatic rings. The van der Waals surface area contributed by atoms with Crippen LogP contribution in [0.15, 0.2) is 16.6 Å². The fraction of sp³-hybridized carbons (Fsp3) is 0.500. The van der Waals surface area contributed by atoms with Crippen LogP contribution in [0.5, 0.6) is 5.75 Å². The predicted molar refractivity (Wildman–Crippen MR) is 76.5 cm³/mol. The molecule has 0 aliphatic carbocycles. The van der Waals surface area contributed by atoms with Crippen LogP contribution in [0.2, 0.25) is 0 Å². The van der Waals surface area contributed by atoms with E-state index in [9.17, 15) is 4.79 Å². The lowest BCUT2D eigenvalue weighted by Crippen LogP contribution is -2.33. The van der Waals surface area contributed by atoms with Gasteiger partial charge in [0.15, 0.2) is 5.78 Å². The molecule has 4 nitrogen and oxygen atoms in total. The van der Waals surface area contributed by atoms with E-state index in [1.54, 1.807) is 7.11 Å². The Balaban J connectivity index is 2.09. The summed E-state index contributed by atoms with van der Waals surface area (Å²) in [6, 6.07) is 3.50. The highest BCUT2D eigenvalue weighted by atomic mass is 79.9. The summed E-state index contributed by atoms with van der Waals surface area (Å²) >= 11 is 3.47. The molecule has 2 rings (SSSR count). The van der Waals surface area contributed by atoms with E-state index in [1.807, 2.05) is 12.1 Å². The van der Waals surface area contributed by atoms with Gasteiger partial charge in [0.05, 0.1) is 12.6 Å². The van der Waals surface area contributed by atoms with E-state index in [-0.39, 0.29) is 5.78 Å². The van der Waals surface area contributed by atoms with Gasteiger partial charge in [-0.15, -0.1) is 0 Å². The number of nitrogens with two attached hydrogens (primary N) is 1. The topological polar surface area (TPSA) is 61.5 Å². The molecule has 0 aromatic heterocycles. The molecule has 1 unspecified atom stereocenters. The number of methoxy groups -OCH3 is 1. The van der Waals surface area contributed by atoms with Crippen molar-refractivity contribution in [2.45, 2.75) is 25.3 Å². The fourth-order valence-electron chi connectivity index (χ4n) is 2.20. The summed E-state index contributed by atoms with van der Waals surface area (Å²) in [7, 11) is 1.60. The monoisotopic (exact) mass is 327 g/mol. The van der Waals surface area contributed by atoms with Crippen molar-refractivity contribution in [3.05, 3.63) is 27.7 Å². The first-order valence-electron chi connectivity index (χ1n) is 6.33. The molecule has 0 saturated carbocycles. The van der Waals surface area contributed by atoms with Gasteiger partial charge < -0.3 is 15.2 Å². The molecule has 1 aliphatic heterocycles. The third-order valence-corrected chi connectivity index (χ3v) is 3.69. The average Bonchev–Trinajstić information content (AvgIpc) is 2.83. The van der Waals surface area contributed by atoms with Gasteiger partial charge in [-0.1, -0.05) is 15.9 Å². The molecule has 0 saturated heterocycles. The highest BCUT2D eigenvalue weighted by Crippen LogP contribution is 2.33. The Hall–Kier alpha value is -0.910. The Labute approximate surface area is 121 Å². The largest absolute Gasteiger partial charge is 0.493 e. The zero-order chi connectivity index (χ0) is 13.8. The molecule has 1 atom stereocenters. The van der Waals surface area contributed by atoms with Crippen LogP contribution in [0.3, 0.4) is 0 Å². The highest BCUT2D eigenvalue weighted by molar-refractivity contribution is 9.10. The molecule has 0 radical (unpaired) electrons. The van der Waals surface area contributed by atoms with Crippen LogP contribution in [0, 0.1) is 0 Å². The number of rotatable bonds is 6. The number of ether oxygens (including phenoxy) is 2. The average molecular weight is 328 g/mol. The maximum Gasteiger partial charge on any atom is 0.154 e. The molecule has 1 heterocycles. The first-order chi connectivity index (χ1) is 9.11. The van der Waals surface area contributed by atoms with Gasteiger partial charge in [0.1, 0.15) is 5.75 Å². The molecule has 0 bridgehead atoms. The lowest BCUT2D eigenvalue weighted by molar-refractivity contribution is -0.120. The van der Waals surface area contributed by atoms with Crippen LogP contribution in [0.1, 0.15) is 17.5 Å². The predicted octanol–water partition coefficient (Wildman–Crippen LogP) is 1.86. The summed E-state index contributed by atoms with van der Waals surface area (Å²) in [6.45, 7) is 1.18. The fourth-order valence-corrected chi connectivity index (χ4v) is 2.75. The standard InChI is InChI=1S/C14H18BrNO3/c1-18-4-3-12(16)13(17)8-10-7-11(15)6-9-2-5-19-14(9)10/h6-7,12H,2-5,8,16H2,1H3. The van der Waals surface area contributed by atoms with E-state index in [1.165, 1.54) is 0 Å². The minimum Gasteiger partial charge on any atom is -0.493 e. The number of Topliss-reactive ketones (excluding diaryl/α,β-unsaturated/α-hetero) is 1. The zero-order valence-corrected chi connectivity index (χ0v) is 12.5. The van der Waals surface area contributed by atoms with Crippen molar-refractivity contribution in [2.24, 2.45) is 5.73 Å². The number of halogens is 1. The highest BCUT2D eigenvalue weighted by Gasteiger charge is 2.21. The molecule has 19 heavy (non-hydrogen) atoms. The van der Waals surface area contributed by atoms with Gasteiger partial charge in [-0.05, 0) is 24.1 Å². The van der Waals surface area contributed by atoms with Crippen LogP contribution < -0.4 is 10.5 Å². The summed E-state index contributed by atoms with van der Waals surface area (Å²) in [5.74, 6) is 0.878. The lowest BCUT2D eigenvalue weighted by Gasteiger charge is -2.12. The number of carbonyl (C=O) groups is 1. The lowest BCUT2D eigenvalue weighted by atomic mass is 9.99.